The quantitative estimate of drug-likeness (QED) is 0.712. The smallest absolute Gasteiger partial charge is 0.339 e. The van der Waals surface area contributed by atoms with Crippen LogP contribution >= 0.6 is 0 Å². The molecule has 26 heavy (non-hydrogen) atoms. The van der Waals surface area contributed by atoms with Gasteiger partial charge in [0.15, 0.2) is 0 Å². The highest BCUT2D eigenvalue weighted by atomic mass is 16.4. The first-order valence-corrected chi connectivity index (χ1v) is 8.50. The van der Waals surface area contributed by atoms with Crippen LogP contribution in [0, 0.1) is 12.8 Å². The molecule has 7 heteroatoms. The summed E-state index contributed by atoms with van der Waals surface area (Å²) in [6.07, 6.45) is 0.658. The summed E-state index contributed by atoms with van der Waals surface area (Å²) >= 11 is 0. The van der Waals surface area contributed by atoms with Crippen LogP contribution in [0.3, 0.4) is 0 Å². The second kappa shape index (κ2) is 8.03. The van der Waals surface area contributed by atoms with Gasteiger partial charge in [-0.3, -0.25) is 4.79 Å². The number of carboxylic acid groups (broad SMARTS) is 1. The van der Waals surface area contributed by atoms with Crippen molar-refractivity contribution < 1.29 is 24.2 Å². The number of carbonyl (C=O) groups is 2. The Bertz CT molecular complexity index is 885. The van der Waals surface area contributed by atoms with E-state index in [1.165, 1.54) is 12.1 Å². The summed E-state index contributed by atoms with van der Waals surface area (Å²) in [7, 11) is 0. The number of nitrogens with one attached hydrogen (secondary N) is 1. The summed E-state index contributed by atoms with van der Waals surface area (Å²) in [5, 5.41) is 23.8. The van der Waals surface area contributed by atoms with Gasteiger partial charge in [0.2, 0.25) is 5.91 Å². The number of carboxylic acids is 1. The zero-order valence-electron chi connectivity index (χ0n) is 15.0. The van der Waals surface area contributed by atoms with Gasteiger partial charge in [-0.1, -0.05) is 20.3 Å². The lowest BCUT2D eigenvalue weighted by molar-refractivity contribution is -0.309. The monoisotopic (exact) mass is 360 g/mol. The van der Waals surface area contributed by atoms with Gasteiger partial charge in [-0.05, 0) is 37.0 Å². The maximum Gasteiger partial charge on any atom is 0.339 e. The van der Waals surface area contributed by atoms with Crippen molar-refractivity contribution in [1.29, 1.82) is 0 Å². The molecule has 2 atom stereocenters. The summed E-state index contributed by atoms with van der Waals surface area (Å²) in [5.41, 5.74) is 0.718. The van der Waals surface area contributed by atoms with E-state index in [0.717, 1.165) is 0 Å². The fourth-order valence-corrected chi connectivity index (χ4v) is 2.83. The molecule has 0 bridgehead atoms. The molecule has 0 unspecified atom stereocenters. The normalized spacial score (nSPS) is 13.3. The van der Waals surface area contributed by atoms with E-state index < -0.39 is 23.5 Å². The van der Waals surface area contributed by atoms with Crippen molar-refractivity contribution in [1.82, 2.24) is 5.32 Å². The SMILES string of the molecule is CC[C@@H](C)[C@H](NC(=O)CCc1c(C)c2ccc(O)cc2oc1=O)C(=O)[O-]. The second-order valence-corrected chi connectivity index (χ2v) is 6.42. The number of amides is 1. The van der Waals surface area contributed by atoms with Crippen LogP contribution in [0.5, 0.6) is 5.75 Å². The largest absolute Gasteiger partial charge is 0.548 e. The Morgan fingerprint density at radius 2 is 2.04 bits per heavy atom. The fourth-order valence-electron chi connectivity index (χ4n) is 2.83. The molecule has 0 aliphatic carbocycles. The molecule has 1 heterocycles. The molecule has 0 spiro atoms. The number of aromatic hydroxyl groups is 1. The van der Waals surface area contributed by atoms with Gasteiger partial charge in [0, 0.05) is 23.4 Å². The van der Waals surface area contributed by atoms with Crippen LogP contribution in [-0.2, 0) is 16.0 Å². The number of rotatable bonds is 7. The van der Waals surface area contributed by atoms with Crippen molar-refractivity contribution in [2.24, 2.45) is 5.92 Å². The first-order chi connectivity index (χ1) is 12.2. The number of fused-ring (bicyclic) bond motifs is 1. The molecule has 0 saturated heterocycles. The average molecular weight is 360 g/mol. The Morgan fingerprint density at radius 1 is 1.35 bits per heavy atom. The third-order valence-corrected chi connectivity index (χ3v) is 4.66. The number of hydrogen-bond acceptors (Lipinski definition) is 6. The van der Waals surface area contributed by atoms with Crippen molar-refractivity contribution in [2.75, 3.05) is 0 Å². The van der Waals surface area contributed by atoms with Crippen LogP contribution in [0.1, 0.15) is 37.8 Å². The summed E-state index contributed by atoms with van der Waals surface area (Å²) < 4.78 is 5.21. The number of aryl methyl sites for hydroxylation is 1. The molecule has 1 aromatic carbocycles. The van der Waals surface area contributed by atoms with E-state index in [9.17, 15) is 24.6 Å². The molecule has 1 aromatic heterocycles. The van der Waals surface area contributed by atoms with Crippen molar-refractivity contribution >= 4 is 22.8 Å². The van der Waals surface area contributed by atoms with Crippen LogP contribution in [0.2, 0.25) is 0 Å². The van der Waals surface area contributed by atoms with Crippen molar-refractivity contribution in [2.45, 2.75) is 46.1 Å². The van der Waals surface area contributed by atoms with Crippen LogP contribution in [0.4, 0.5) is 0 Å². The minimum atomic E-state index is -1.33. The van der Waals surface area contributed by atoms with Crippen LogP contribution in [0.25, 0.3) is 11.0 Å². The lowest BCUT2D eigenvalue weighted by Crippen LogP contribution is -2.51. The molecule has 2 aromatic rings. The van der Waals surface area contributed by atoms with E-state index in [1.807, 2.05) is 6.92 Å². The van der Waals surface area contributed by atoms with Crippen molar-refractivity contribution in [3.05, 3.63) is 39.7 Å². The predicted molar refractivity (Wildman–Crippen MR) is 93.6 cm³/mol. The average Bonchev–Trinajstić information content (AvgIpc) is 2.58. The van der Waals surface area contributed by atoms with Crippen LogP contribution in [-0.4, -0.2) is 23.0 Å². The minimum absolute atomic E-state index is 0.00876. The molecule has 0 aliphatic heterocycles. The highest BCUT2D eigenvalue weighted by Gasteiger charge is 2.20. The molecular weight excluding hydrogens is 338 g/mol. The van der Waals surface area contributed by atoms with Crippen LogP contribution in [0.15, 0.2) is 27.4 Å². The Morgan fingerprint density at radius 3 is 2.65 bits per heavy atom. The Kier molecular flexibility index (Phi) is 6.02. The standard InChI is InChI=1S/C19H23NO6/c1-4-10(2)17(18(23)24)20-16(22)8-7-14-11(3)13-6-5-12(21)9-15(13)26-19(14)25/h5-6,9-10,17,21H,4,7-8H2,1-3H3,(H,20,22)(H,23,24)/p-1/t10-,17+/m1/s1. The summed E-state index contributed by atoms with van der Waals surface area (Å²) in [6.45, 7) is 5.29. The summed E-state index contributed by atoms with van der Waals surface area (Å²) in [5.74, 6) is -2.06. The molecule has 1 amide bonds. The number of hydrogen-bond donors (Lipinski definition) is 2. The van der Waals surface area contributed by atoms with Crippen molar-refractivity contribution in [3.8, 4) is 5.75 Å². The minimum Gasteiger partial charge on any atom is -0.548 e. The van der Waals surface area contributed by atoms with Gasteiger partial charge >= 0.3 is 5.63 Å². The van der Waals surface area contributed by atoms with E-state index in [1.54, 1.807) is 19.9 Å². The maximum absolute atomic E-state index is 12.2. The molecule has 0 aliphatic rings. The second-order valence-electron chi connectivity index (χ2n) is 6.42. The Labute approximate surface area is 150 Å². The number of aliphatic carboxylic acids is 1. The Hall–Kier alpha value is -2.83. The van der Waals surface area contributed by atoms with Gasteiger partial charge in [0.05, 0.1) is 12.0 Å². The van der Waals surface area contributed by atoms with Gasteiger partial charge in [0.25, 0.3) is 0 Å². The Balaban J connectivity index is 2.16. The van der Waals surface area contributed by atoms with Gasteiger partial charge in [-0.2, -0.15) is 0 Å². The third kappa shape index (κ3) is 4.22. The summed E-state index contributed by atoms with van der Waals surface area (Å²) in [6, 6.07) is 3.42. The van der Waals surface area contributed by atoms with Crippen LogP contribution < -0.4 is 16.0 Å². The number of phenolic OH excluding ortho intramolecular Hbond substituents is 1. The van der Waals surface area contributed by atoms with Crippen molar-refractivity contribution in [3.63, 3.8) is 0 Å². The molecule has 2 N–H and O–H groups in total. The molecule has 2 rings (SSSR count). The topological polar surface area (TPSA) is 120 Å². The number of carbonyl (C=O) groups excluding carboxylic acids is 2. The van der Waals surface area contributed by atoms with Gasteiger partial charge in [-0.15, -0.1) is 0 Å². The first kappa shape index (κ1) is 19.5. The van der Waals surface area contributed by atoms with Gasteiger partial charge in [-0.25, -0.2) is 4.79 Å². The highest BCUT2D eigenvalue weighted by molar-refractivity contribution is 5.84. The zero-order chi connectivity index (χ0) is 19.4. The third-order valence-electron chi connectivity index (χ3n) is 4.66. The van der Waals surface area contributed by atoms with E-state index in [4.69, 9.17) is 4.42 Å². The molecule has 0 radical (unpaired) electrons. The zero-order valence-corrected chi connectivity index (χ0v) is 15.0. The maximum atomic E-state index is 12.2. The number of phenols is 1. The van der Waals surface area contributed by atoms with Gasteiger partial charge in [0.1, 0.15) is 11.3 Å². The molecule has 0 fully saturated rings. The van der Waals surface area contributed by atoms with E-state index in [0.29, 0.717) is 22.9 Å². The highest BCUT2D eigenvalue weighted by Crippen LogP contribution is 2.23. The predicted octanol–water partition coefficient (Wildman–Crippen LogP) is 1.02. The van der Waals surface area contributed by atoms with E-state index in [2.05, 4.69) is 5.32 Å². The number of benzene rings is 1. The van der Waals surface area contributed by atoms with Gasteiger partial charge < -0.3 is 24.7 Å². The molecular formula is C19H22NO6-. The first-order valence-electron chi connectivity index (χ1n) is 8.50. The fraction of sp³-hybridized carbons (Fsp3) is 0.421. The lowest BCUT2D eigenvalue weighted by Gasteiger charge is -2.25. The summed E-state index contributed by atoms with van der Waals surface area (Å²) in [4.78, 5) is 35.5. The molecule has 140 valence electrons. The molecule has 0 saturated carbocycles. The van der Waals surface area contributed by atoms with E-state index >= 15 is 0 Å². The molecule has 7 nitrogen and oxygen atoms in total. The lowest BCUT2D eigenvalue weighted by atomic mass is 9.98. The van der Waals surface area contributed by atoms with E-state index in [-0.39, 0.29) is 30.1 Å².